The molecule has 1 unspecified atom stereocenters. The number of amides is 2. The highest BCUT2D eigenvalue weighted by Crippen LogP contribution is 2.31. The van der Waals surface area contributed by atoms with Gasteiger partial charge in [-0.05, 0) is 12.0 Å². The van der Waals surface area contributed by atoms with E-state index in [9.17, 15) is 9.59 Å². The van der Waals surface area contributed by atoms with Crippen molar-refractivity contribution in [3.05, 3.63) is 35.9 Å². The number of carbonyl (C=O) groups excluding carboxylic acids is 2. The lowest BCUT2D eigenvalue weighted by Crippen LogP contribution is -2.50. The topological polar surface area (TPSA) is 49.4 Å². The Kier molecular flexibility index (Phi) is 5.47. The largest absolute Gasteiger partial charge is 0.353 e. The van der Waals surface area contributed by atoms with Gasteiger partial charge < -0.3 is 10.2 Å². The van der Waals surface area contributed by atoms with Crippen LogP contribution >= 0.6 is 11.8 Å². The molecular weight excluding hydrogens is 272 g/mol. The minimum atomic E-state index is -0.0651. The van der Waals surface area contributed by atoms with E-state index in [1.807, 2.05) is 18.2 Å². The fraction of sp³-hybridized carbons (Fsp3) is 0.467. The predicted molar refractivity (Wildman–Crippen MR) is 81.5 cm³/mol. The number of carbonyl (C=O) groups is 2. The van der Waals surface area contributed by atoms with Gasteiger partial charge in [0, 0.05) is 18.3 Å². The molecule has 0 radical (unpaired) electrons. The van der Waals surface area contributed by atoms with Crippen LogP contribution in [-0.4, -0.2) is 42.1 Å². The third-order valence-corrected chi connectivity index (χ3v) is 4.76. The molecule has 5 heteroatoms. The van der Waals surface area contributed by atoms with Crippen LogP contribution in [0.5, 0.6) is 0 Å². The molecule has 1 heterocycles. The van der Waals surface area contributed by atoms with Gasteiger partial charge in [0.05, 0.1) is 12.3 Å². The number of rotatable bonds is 5. The SMILES string of the molecule is CCC(SCC(=O)N1CCNC(=O)C1)c1ccccc1. The van der Waals surface area contributed by atoms with E-state index in [1.165, 1.54) is 5.56 Å². The number of hydrogen-bond donors (Lipinski definition) is 1. The maximum absolute atomic E-state index is 12.1. The molecule has 0 aliphatic carbocycles. The van der Waals surface area contributed by atoms with Crippen LogP contribution in [0.25, 0.3) is 0 Å². The normalized spacial score (nSPS) is 16.6. The first-order valence-electron chi connectivity index (χ1n) is 6.91. The van der Waals surface area contributed by atoms with Crippen molar-refractivity contribution >= 4 is 23.6 Å². The molecule has 1 aromatic rings. The van der Waals surface area contributed by atoms with E-state index < -0.39 is 0 Å². The van der Waals surface area contributed by atoms with Crippen LogP contribution in [0.1, 0.15) is 24.2 Å². The summed E-state index contributed by atoms with van der Waals surface area (Å²) in [6.07, 6.45) is 0.989. The summed E-state index contributed by atoms with van der Waals surface area (Å²) in [5.41, 5.74) is 1.25. The molecule has 1 N–H and O–H groups in total. The van der Waals surface area contributed by atoms with Crippen molar-refractivity contribution in [3.63, 3.8) is 0 Å². The van der Waals surface area contributed by atoms with Gasteiger partial charge in [-0.2, -0.15) is 0 Å². The van der Waals surface area contributed by atoms with Crippen molar-refractivity contribution in [1.29, 1.82) is 0 Å². The number of benzene rings is 1. The average Bonchev–Trinajstić information content (AvgIpc) is 2.49. The highest BCUT2D eigenvalue weighted by atomic mass is 32.2. The lowest BCUT2D eigenvalue weighted by atomic mass is 10.1. The smallest absolute Gasteiger partial charge is 0.239 e. The molecule has 0 bridgehead atoms. The minimum absolute atomic E-state index is 0.0548. The fourth-order valence-corrected chi connectivity index (χ4v) is 3.34. The third kappa shape index (κ3) is 4.00. The first kappa shape index (κ1) is 14.9. The molecule has 4 nitrogen and oxygen atoms in total. The standard InChI is InChI=1S/C15H20N2O2S/c1-2-13(12-6-4-3-5-7-12)20-11-15(19)17-9-8-16-14(18)10-17/h3-7,13H,2,8-11H2,1H3,(H,16,18). The van der Waals surface area contributed by atoms with Crippen LogP contribution in [0, 0.1) is 0 Å². The summed E-state index contributed by atoms with van der Waals surface area (Å²) in [5, 5.41) is 3.06. The second-order valence-electron chi connectivity index (χ2n) is 4.78. The summed E-state index contributed by atoms with van der Waals surface area (Å²) in [6.45, 7) is 3.50. The van der Waals surface area contributed by atoms with Gasteiger partial charge in [0.1, 0.15) is 0 Å². The Morgan fingerprint density at radius 2 is 2.15 bits per heavy atom. The number of nitrogens with zero attached hydrogens (tertiary/aromatic N) is 1. The molecule has 1 atom stereocenters. The fourth-order valence-electron chi connectivity index (χ4n) is 2.23. The lowest BCUT2D eigenvalue weighted by Gasteiger charge is -2.27. The van der Waals surface area contributed by atoms with Crippen molar-refractivity contribution < 1.29 is 9.59 Å². The van der Waals surface area contributed by atoms with Gasteiger partial charge in [0.2, 0.25) is 11.8 Å². The van der Waals surface area contributed by atoms with Crippen molar-refractivity contribution in [1.82, 2.24) is 10.2 Å². The van der Waals surface area contributed by atoms with Crippen molar-refractivity contribution in [2.45, 2.75) is 18.6 Å². The van der Waals surface area contributed by atoms with Gasteiger partial charge in [-0.1, -0.05) is 37.3 Å². The molecule has 1 fully saturated rings. The van der Waals surface area contributed by atoms with Crippen LogP contribution in [0.15, 0.2) is 30.3 Å². The van der Waals surface area contributed by atoms with Gasteiger partial charge in [0.15, 0.2) is 0 Å². The summed E-state index contributed by atoms with van der Waals surface area (Å²) in [4.78, 5) is 25.0. The maximum atomic E-state index is 12.1. The highest BCUT2D eigenvalue weighted by molar-refractivity contribution is 8.00. The van der Waals surface area contributed by atoms with Crippen LogP contribution < -0.4 is 5.32 Å². The Balaban J connectivity index is 1.87. The zero-order valence-corrected chi connectivity index (χ0v) is 12.5. The molecule has 2 amide bonds. The van der Waals surface area contributed by atoms with E-state index >= 15 is 0 Å². The van der Waals surface area contributed by atoms with E-state index in [0.29, 0.717) is 24.1 Å². The summed E-state index contributed by atoms with van der Waals surface area (Å²) < 4.78 is 0. The van der Waals surface area contributed by atoms with E-state index in [4.69, 9.17) is 0 Å². The third-order valence-electron chi connectivity index (χ3n) is 3.34. The van der Waals surface area contributed by atoms with Crippen LogP contribution in [0.3, 0.4) is 0 Å². The maximum Gasteiger partial charge on any atom is 0.239 e. The average molecular weight is 292 g/mol. The Hall–Kier alpha value is -1.49. The first-order chi connectivity index (χ1) is 9.70. The second-order valence-corrected chi connectivity index (χ2v) is 5.97. The number of piperazine rings is 1. The Labute approximate surface area is 123 Å². The van der Waals surface area contributed by atoms with E-state index in [2.05, 4.69) is 24.4 Å². The van der Waals surface area contributed by atoms with Gasteiger partial charge in [-0.3, -0.25) is 9.59 Å². The zero-order chi connectivity index (χ0) is 14.4. The van der Waals surface area contributed by atoms with Crippen molar-refractivity contribution in [3.8, 4) is 0 Å². The van der Waals surface area contributed by atoms with Crippen molar-refractivity contribution in [2.24, 2.45) is 0 Å². The van der Waals surface area contributed by atoms with Crippen molar-refractivity contribution in [2.75, 3.05) is 25.4 Å². The number of thioether (sulfide) groups is 1. The molecule has 1 aliphatic rings. The van der Waals surface area contributed by atoms with Gasteiger partial charge >= 0.3 is 0 Å². The Morgan fingerprint density at radius 3 is 2.80 bits per heavy atom. The molecule has 20 heavy (non-hydrogen) atoms. The molecule has 1 aliphatic heterocycles. The van der Waals surface area contributed by atoms with Gasteiger partial charge in [0.25, 0.3) is 0 Å². The highest BCUT2D eigenvalue weighted by Gasteiger charge is 2.22. The minimum Gasteiger partial charge on any atom is -0.353 e. The lowest BCUT2D eigenvalue weighted by molar-refractivity contribution is -0.136. The van der Waals surface area contributed by atoms with Gasteiger partial charge in [-0.25, -0.2) is 0 Å². The van der Waals surface area contributed by atoms with E-state index in [-0.39, 0.29) is 18.4 Å². The monoisotopic (exact) mass is 292 g/mol. The van der Waals surface area contributed by atoms with E-state index in [1.54, 1.807) is 16.7 Å². The Morgan fingerprint density at radius 1 is 1.40 bits per heavy atom. The number of nitrogens with one attached hydrogen (secondary N) is 1. The first-order valence-corrected chi connectivity index (χ1v) is 7.96. The molecule has 0 spiro atoms. The molecule has 108 valence electrons. The summed E-state index contributed by atoms with van der Waals surface area (Å²) in [5.74, 6) is 0.421. The molecule has 1 saturated heterocycles. The molecule has 1 aromatic carbocycles. The Bertz CT molecular complexity index is 464. The second kappa shape index (κ2) is 7.33. The predicted octanol–water partition coefficient (Wildman–Crippen LogP) is 1.83. The van der Waals surface area contributed by atoms with Crippen LogP contribution in [-0.2, 0) is 9.59 Å². The van der Waals surface area contributed by atoms with E-state index in [0.717, 1.165) is 6.42 Å². The quantitative estimate of drug-likeness (QED) is 0.901. The summed E-state index contributed by atoms with van der Waals surface area (Å²) in [7, 11) is 0. The summed E-state index contributed by atoms with van der Waals surface area (Å²) in [6, 6.07) is 10.2. The molecular formula is C15H20N2O2S. The summed E-state index contributed by atoms with van der Waals surface area (Å²) >= 11 is 1.65. The molecule has 2 rings (SSSR count). The molecule has 0 aromatic heterocycles. The zero-order valence-electron chi connectivity index (χ0n) is 11.7. The number of hydrogen-bond acceptors (Lipinski definition) is 3. The van der Waals surface area contributed by atoms with Gasteiger partial charge in [-0.15, -0.1) is 11.8 Å². The van der Waals surface area contributed by atoms with Crippen LogP contribution in [0.4, 0.5) is 0 Å². The molecule has 0 saturated carbocycles. The van der Waals surface area contributed by atoms with Crippen LogP contribution in [0.2, 0.25) is 0 Å².